The highest BCUT2D eigenvalue weighted by Crippen LogP contribution is 2.16. The van der Waals surface area contributed by atoms with Crippen LogP contribution in [-0.2, 0) is 16.0 Å². The Morgan fingerprint density at radius 3 is 2.94 bits per heavy atom. The average molecular weight is 229 g/mol. The van der Waals surface area contributed by atoms with E-state index in [1.807, 2.05) is 25.3 Å². The molecule has 0 amide bonds. The molecule has 0 unspecified atom stereocenters. The molecule has 0 radical (unpaired) electrons. The van der Waals surface area contributed by atoms with Gasteiger partial charge in [0.05, 0.1) is 12.6 Å². The zero-order valence-corrected chi connectivity index (χ0v) is 10.1. The number of aryl methyl sites for hydroxylation is 2. The van der Waals surface area contributed by atoms with E-state index in [0.717, 1.165) is 22.0 Å². The molecule has 0 saturated carbocycles. The summed E-state index contributed by atoms with van der Waals surface area (Å²) >= 11 is 0. The highest BCUT2D eigenvalue weighted by molar-refractivity contribution is 5.80. The number of esters is 1. The van der Waals surface area contributed by atoms with E-state index in [-0.39, 0.29) is 5.97 Å². The van der Waals surface area contributed by atoms with Gasteiger partial charge in [0.15, 0.2) is 0 Å². The van der Waals surface area contributed by atoms with E-state index in [2.05, 4.69) is 21.9 Å². The molecule has 1 aromatic heterocycles. The molecule has 88 valence electrons. The summed E-state index contributed by atoms with van der Waals surface area (Å²) in [5, 5.41) is 1.12. The molecule has 2 aromatic rings. The molecule has 0 atom stereocenters. The topological polar surface area (TPSA) is 39.2 Å². The summed E-state index contributed by atoms with van der Waals surface area (Å²) in [6, 6.07) is 8.18. The Hall–Kier alpha value is -1.90. The van der Waals surface area contributed by atoms with E-state index in [1.165, 1.54) is 7.11 Å². The van der Waals surface area contributed by atoms with Crippen molar-refractivity contribution in [3.8, 4) is 0 Å². The van der Waals surface area contributed by atoms with Crippen LogP contribution in [0, 0.1) is 6.92 Å². The number of aromatic nitrogens is 1. The van der Waals surface area contributed by atoms with E-state index >= 15 is 0 Å². The summed E-state index contributed by atoms with van der Waals surface area (Å²) in [5.74, 6) is -0.174. The third kappa shape index (κ3) is 2.81. The second kappa shape index (κ2) is 4.95. The first-order chi connectivity index (χ1) is 8.19. The lowest BCUT2D eigenvalue weighted by molar-refractivity contribution is -0.140. The molecule has 1 heterocycles. The number of pyridine rings is 1. The van der Waals surface area contributed by atoms with Gasteiger partial charge in [-0.1, -0.05) is 6.07 Å². The Balaban J connectivity index is 2.22. The molecule has 1 aromatic carbocycles. The van der Waals surface area contributed by atoms with Crippen LogP contribution in [0.5, 0.6) is 0 Å². The van der Waals surface area contributed by atoms with Crippen LogP contribution in [-0.4, -0.2) is 18.1 Å². The molecule has 0 aliphatic heterocycles. The van der Waals surface area contributed by atoms with Gasteiger partial charge in [0.25, 0.3) is 0 Å². The first kappa shape index (κ1) is 11.6. The predicted octanol–water partition coefficient (Wildman–Crippen LogP) is 2.65. The van der Waals surface area contributed by atoms with E-state index in [4.69, 9.17) is 0 Å². The third-order valence-electron chi connectivity index (χ3n) is 2.73. The first-order valence-corrected chi connectivity index (χ1v) is 5.61. The summed E-state index contributed by atoms with van der Waals surface area (Å²) in [6.07, 6.45) is 2.98. The Bertz CT molecular complexity index is 549. The van der Waals surface area contributed by atoms with Crippen molar-refractivity contribution in [2.24, 2.45) is 0 Å². The molecule has 0 spiro atoms. The minimum absolute atomic E-state index is 0.174. The van der Waals surface area contributed by atoms with Gasteiger partial charge in [-0.3, -0.25) is 9.78 Å². The molecule has 0 aliphatic carbocycles. The number of hydrogen-bond acceptors (Lipinski definition) is 3. The average Bonchev–Trinajstić information content (AvgIpc) is 2.35. The lowest BCUT2D eigenvalue weighted by Gasteiger charge is -2.03. The number of carbonyl (C=O) groups is 1. The maximum Gasteiger partial charge on any atom is 0.305 e. The molecule has 0 bridgehead atoms. The maximum absolute atomic E-state index is 11.1. The molecule has 0 fully saturated rings. The number of hydrogen-bond donors (Lipinski definition) is 0. The van der Waals surface area contributed by atoms with Crippen LogP contribution >= 0.6 is 0 Å². The van der Waals surface area contributed by atoms with Gasteiger partial charge in [-0.15, -0.1) is 0 Å². The van der Waals surface area contributed by atoms with Crippen molar-refractivity contribution in [3.63, 3.8) is 0 Å². The maximum atomic E-state index is 11.1. The van der Waals surface area contributed by atoms with Crippen LogP contribution in [0.3, 0.4) is 0 Å². The van der Waals surface area contributed by atoms with Crippen LogP contribution in [0.15, 0.2) is 30.5 Å². The Kier molecular flexibility index (Phi) is 3.38. The van der Waals surface area contributed by atoms with Crippen LogP contribution in [0.2, 0.25) is 0 Å². The van der Waals surface area contributed by atoms with Gasteiger partial charge in [0.1, 0.15) is 0 Å². The van der Waals surface area contributed by atoms with Crippen molar-refractivity contribution >= 4 is 16.9 Å². The van der Waals surface area contributed by atoms with E-state index in [1.54, 1.807) is 0 Å². The molecule has 3 heteroatoms. The fourth-order valence-corrected chi connectivity index (χ4v) is 1.80. The normalized spacial score (nSPS) is 10.5. The van der Waals surface area contributed by atoms with Gasteiger partial charge >= 0.3 is 5.97 Å². The standard InChI is InChI=1S/C14H15NO2/c1-10-7-12-8-11(4-6-14(16)17-2)3-5-13(12)15-9-10/h3,5,7-9H,4,6H2,1-2H3. The van der Waals surface area contributed by atoms with Crippen LogP contribution in [0.25, 0.3) is 10.9 Å². The molecule has 2 rings (SSSR count). The Morgan fingerprint density at radius 1 is 1.35 bits per heavy atom. The minimum Gasteiger partial charge on any atom is -0.469 e. The molecule has 3 nitrogen and oxygen atoms in total. The number of ether oxygens (including phenoxy) is 1. The van der Waals surface area contributed by atoms with Crippen LogP contribution < -0.4 is 0 Å². The second-order valence-corrected chi connectivity index (χ2v) is 4.12. The molecule has 0 saturated heterocycles. The Labute approximate surface area is 100 Å². The van der Waals surface area contributed by atoms with Crippen molar-refractivity contribution in [1.29, 1.82) is 0 Å². The molecular formula is C14H15NO2. The van der Waals surface area contributed by atoms with E-state index in [9.17, 15) is 4.79 Å². The van der Waals surface area contributed by atoms with Crippen LogP contribution in [0.1, 0.15) is 17.5 Å². The lowest BCUT2D eigenvalue weighted by Crippen LogP contribution is -2.01. The number of nitrogens with zero attached hydrogens (tertiary/aromatic N) is 1. The molecule has 0 N–H and O–H groups in total. The van der Waals surface area contributed by atoms with Gasteiger partial charge in [-0.2, -0.15) is 0 Å². The lowest BCUT2D eigenvalue weighted by atomic mass is 10.1. The smallest absolute Gasteiger partial charge is 0.305 e. The molecule has 17 heavy (non-hydrogen) atoms. The zero-order chi connectivity index (χ0) is 12.3. The van der Waals surface area contributed by atoms with Gasteiger partial charge in [0, 0.05) is 18.0 Å². The van der Waals surface area contributed by atoms with Crippen molar-refractivity contribution in [2.75, 3.05) is 7.11 Å². The second-order valence-electron chi connectivity index (χ2n) is 4.12. The highest BCUT2D eigenvalue weighted by atomic mass is 16.5. The third-order valence-corrected chi connectivity index (χ3v) is 2.73. The SMILES string of the molecule is COC(=O)CCc1ccc2ncc(C)cc2c1. The van der Waals surface area contributed by atoms with Gasteiger partial charge in [-0.05, 0) is 42.7 Å². The molecule has 0 aliphatic rings. The van der Waals surface area contributed by atoms with Crippen molar-refractivity contribution in [3.05, 3.63) is 41.6 Å². The zero-order valence-electron chi connectivity index (χ0n) is 10.1. The van der Waals surface area contributed by atoms with E-state index in [0.29, 0.717) is 12.8 Å². The fourth-order valence-electron chi connectivity index (χ4n) is 1.80. The summed E-state index contributed by atoms with van der Waals surface area (Å²) < 4.78 is 4.63. The summed E-state index contributed by atoms with van der Waals surface area (Å²) in [6.45, 7) is 2.02. The Morgan fingerprint density at radius 2 is 2.18 bits per heavy atom. The van der Waals surface area contributed by atoms with E-state index < -0.39 is 0 Å². The summed E-state index contributed by atoms with van der Waals surface area (Å²) in [4.78, 5) is 15.4. The number of carbonyl (C=O) groups excluding carboxylic acids is 1. The van der Waals surface area contributed by atoms with Gasteiger partial charge < -0.3 is 4.74 Å². The largest absolute Gasteiger partial charge is 0.469 e. The van der Waals surface area contributed by atoms with Crippen molar-refractivity contribution in [2.45, 2.75) is 19.8 Å². The quantitative estimate of drug-likeness (QED) is 0.759. The number of methoxy groups -OCH3 is 1. The van der Waals surface area contributed by atoms with Gasteiger partial charge in [0.2, 0.25) is 0 Å². The highest BCUT2D eigenvalue weighted by Gasteiger charge is 2.03. The molecular weight excluding hydrogens is 214 g/mol. The summed E-state index contributed by atoms with van der Waals surface area (Å²) in [7, 11) is 1.41. The fraction of sp³-hybridized carbons (Fsp3) is 0.286. The summed E-state index contributed by atoms with van der Waals surface area (Å²) in [5.41, 5.74) is 3.26. The van der Waals surface area contributed by atoms with Crippen LogP contribution in [0.4, 0.5) is 0 Å². The van der Waals surface area contributed by atoms with Gasteiger partial charge in [-0.25, -0.2) is 0 Å². The predicted molar refractivity (Wildman–Crippen MR) is 66.8 cm³/mol. The number of benzene rings is 1. The number of fused-ring (bicyclic) bond motifs is 1. The monoisotopic (exact) mass is 229 g/mol. The number of rotatable bonds is 3. The van der Waals surface area contributed by atoms with Crippen molar-refractivity contribution < 1.29 is 9.53 Å². The minimum atomic E-state index is -0.174. The first-order valence-electron chi connectivity index (χ1n) is 5.61. The van der Waals surface area contributed by atoms with Crippen molar-refractivity contribution in [1.82, 2.24) is 4.98 Å².